The third kappa shape index (κ3) is 2.44. The Morgan fingerprint density at radius 2 is 2.10 bits per heavy atom. The van der Waals surface area contributed by atoms with Crippen molar-refractivity contribution in [2.45, 2.75) is 24.9 Å². The van der Waals surface area contributed by atoms with Crippen LogP contribution in [0.1, 0.15) is 18.4 Å². The summed E-state index contributed by atoms with van der Waals surface area (Å²) in [6.45, 7) is 0.532. The average molecular weight is 270 g/mol. The molecule has 1 amide bonds. The topological polar surface area (TPSA) is 64.2 Å². The first-order valence-electron chi connectivity index (χ1n) is 6.72. The summed E-state index contributed by atoms with van der Waals surface area (Å²) in [6, 6.07) is 9.89. The summed E-state index contributed by atoms with van der Waals surface area (Å²) in [7, 11) is 1.79. The maximum absolute atomic E-state index is 12.1. The number of rotatable bonds is 4. The fraction of sp³-hybridized carbons (Fsp3) is 0.333. The van der Waals surface area contributed by atoms with Crippen LogP contribution in [0.4, 0.5) is 0 Å². The highest BCUT2D eigenvalue weighted by molar-refractivity contribution is 5.88. The van der Waals surface area contributed by atoms with Crippen molar-refractivity contribution in [2.24, 2.45) is 5.73 Å². The Morgan fingerprint density at radius 3 is 2.75 bits per heavy atom. The van der Waals surface area contributed by atoms with Crippen molar-refractivity contribution in [1.82, 2.24) is 14.7 Å². The number of carbonyl (C=O) groups excluding carboxylic acids is 1. The lowest BCUT2D eigenvalue weighted by molar-refractivity contribution is -0.132. The van der Waals surface area contributed by atoms with Gasteiger partial charge in [0.05, 0.1) is 17.4 Å². The minimum Gasteiger partial charge on any atom is -0.340 e. The van der Waals surface area contributed by atoms with Crippen molar-refractivity contribution in [3.05, 3.63) is 48.3 Å². The normalized spacial score (nSPS) is 15.9. The largest absolute Gasteiger partial charge is 0.340 e. The van der Waals surface area contributed by atoms with E-state index in [0.717, 1.165) is 24.1 Å². The van der Waals surface area contributed by atoms with Crippen molar-refractivity contribution in [3.8, 4) is 5.69 Å². The summed E-state index contributed by atoms with van der Waals surface area (Å²) in [4.78, 5) is 13.8. The molecule has 1 saturated carbocycles. The highest BCUT2D eigenvalue weighted by Gasteiger charge is 2.47. The lowest BCUT2D eigenvalue weighted by Crippen LogP contribution is -2.43. The molecular formula is C15H18N4O. The number of para-hydroxylation sites is 1. The molecule has 0 aliphatic heterocycles. The molecule has 1 aliphatic carbocycles. The van der Waals surface area contributed by atoms with Crippen LogP contribution in [0.15, 0.2) is 42.7 Å². The van der Waals surface area contributed by atoms with Gasteiger partial charge < -0.3 is 10.6 Å². The van der Waals surface area contributed by atoms with Crippen molar-refractivity contribution < 1.29 is 4.79 Å². The van der Waals surface area contributed by atoms with Gasteiger partial charge in [-0.1, -0.05) is 18.2 Å². The fourth-order valence-corrected chi connectivity index (χ4v) is 2.24. The first-order chi connectivity index (χ1) is 9.58. The third-order valence-electron chi connectivity index (χ3n) is 3.64. The Bertz CT molecular complexity index is 616. The molecule has 1 aromatic heterocycles. The number of aromatic nitrogens is 2. The fourth-order valence-electron chi connectivity index (χ4n) is 2.24. The minimum atomic E-state index is -0.607. The number of hydrogen-bond donors (Lipinski definition) is 1. The number of benzene rings is 1. The summed E-state index contributed by atoms with van der Waals surface area (Å²) in [5.74, 6) is 0.0185. The predicted octanol–water partition coefficient (Wildman–Crippen LogP) is 1.32. The summed E-state index contributed by atoms with van der Waals surface area (Å²) in [5, 5.41) is 4.32. The summed E-state index contributed by atoms with van der Waals surface area (Å²) < 4.78 is 1.81. The Labute approximate surface area is 118 Å². The van der Waals surface area contributed by atoms with Gasteiger partial charge in [0, 0.05) is 25.4 Å². The maximum atomic E-state index is 12.1. The van der Waals surface area contributed by atoms with E-state index in [9.17, 15) is 4.79 Å². The lowest BCUT2D eigenvalue weighted by atomic mass is 10.2. The molecule has 1 aromatic carbocycles. The molecule has 0 atom stereocenters. The highest BCUT2D eigenvalue weighted by atomic mass is 16.2. The Hall–Kier alpha value is -2.14. The smallest absolute Gasteiger partial charge is 0.242 e. The molecule has 5 heteroatoms. The molecule has 1 fully saturated rings. The second kappa shape index (κ2) is 4.76. The van der Waals surface area contributed by atoms with E-state index >= 15 is 0 Å². The van der Waals surface area contributed by atoms with Crippen LogP contribution in [0.25, 0.3) is 5.69 Å². The van der Waals surface area contributed by atoms with Gasteiger partial charge in [0.2, 0.25) is 5.91 Å². The standard InChI is InChI=1S/C15H18N4O/c1-18(14(20)15(16)7-8-15)10-12-9-17-19(11-12)13-5-3-2-4-6-13/h2-6,9,11H,7-8,10,16H2,1H3. The second-order valence-corrected chi connectivity index (χ2v) is 5.45. The van der Waals surface area contributed by atoms with Crippen molar-refractivity contribution >= 4 is 5.91 Å². The number of nitrogens with two attached hydrogens (primary N) is 1. The van der Waals surface area contributed by atoms with Crippen molar-refractivity contribution in [1.29, 1.82) is 0 Å². The molecule has 0 radical (unpaired) electrons. The van der Waals surface area contributed by atoms with Gasteiger partial charge in [0.25, 0.3) is 0 Å². The molecule has 0 bridgehead atoms. The molecule has 3 rings (SSSR count). The van der Waals surface area contributed by atoms with Crippen molar-refractivity contribution in [3.63, 3.8) is 0 Å². The number of likely N-dealkylation sites (N-methyl/N-ethyl adjacent to an activating group) is 1. The van der Waals surface area contributed by atoms with E-state index in [1.165, 1.54) is 0 Å². The molecule has 20 heavy (non-hydrogen) atoms. The van der Waals surface area contributed by atoms with Crippen LogP contribution in [-0.4, -0.2) is 33.2 Å². The molecule has 2 aromatic rings. The maximum Gasteiger partial charge on any atom is 0.242 e. The molecule has 2 N–H and O–H groups in total. The van der Waals surface area contributed by atoms with E-state index in [1.807, 2.05) is 41.2 Å². The number of carbonyl (C=O) groups is 1. The van der Waals surface area contributed by atoms with E-state index < -0.39 is 5.54 Å². The number of nitrogens with zero attached hydrogens (tertiary/aromatic N) is 3. The third-order valence-corrected chi connectivity index (χ3v) is 3.64. The summed E-state index contributed by atoms with van der Waals surface area (Å²) >= 11 is 0. The molecule has 1 aliphatic rings. The van der Waals surface area contributed by atoms with Crippen LogP contribution in [0.5, 0.6) is 0 Å². The second-order valence-electron chi connectivity index (χ2n) is 5.45. The molecule has 0 saturated heterocycles. The van der Waals surface area contributed by atoms with E-state index in [4.69, 9.17) is 5.73 Å². The van der Waals surface area contributed by atoms with E-state index in [-0.39, 0.29) is 5.91 Å². The van der Waals surface area contributed by atoms with E-state index in [1.54, 1.807) is 18.1 Å². The average Bonchev–Trinajstić information content (AvgIpc) is 3.05. The predicted molar refractivity (Wildman–Crippen MR) is 76.2 cm³/mol. The first kappa shape index (κ1) is 12.9. The van der Waals surface area contributed by atoms with Gasteiger partial charge in [-0.05, 0) is 25.0 Å². The van der Waals surface area contributed by atoms with Crippen LogP contribution >= 0.6 is 0 Å². The van der Waals surface area contributed by atoms with Gasteiger partial charge in [-0.3, -0.25) is 4.79 Å². The molecule has 104 valence electrons. The van der Waals surface area contributed by atoms with Gasteiger partial charge in [0.1, 0.15) is 0 Å². The molecule has 0 unspecified atom stereocenters. The zero-order valence-electron chi connectivity index (χ0n) is 11.5. The van der Waals surface area contributed by atoms with Crippen LogP contribution in [0.2, 0.25) is 0 Å². The van der Waals surface area contributed by atoms with E-state index in [2.05, 4.69) is 5.10 Å². The van der Waals surface area contributed by atoms with Crippen LogP contribution in [-0.2, 0) is 11.3 Å². The van der Waals surface area contributed by atoms with Crippen LogP contribution < -0.4 is 5.73 Å². The van der Waals surface area contributed by atoms with Gasteiger partial charge >= 0.3 is 0 Å². The monoisotopic (exact) mass is 270 g/mol. The van der Waals surface area contributed by atoms with Crippen LogP contribution in [0.3, 0.4) is 0 Å². The highest BCUT2D eigenvalue weighted by Crippen LogP contribution is 2.34. The zero-order valence-corrected chi connectivity index (χ0v) is 11.5. The summed E-state index contributed by atoms with van der Waals surface area (Å²) in [6.07, 6.45) is 5.31. The minimum absolute atomic E-state index is 0.0185. The zero-order chi connectivity index (χ0) is 14.2. The van der Waals surface area contributed by atoms with Gasteiger partial charge in [-0.15, -0.1) is 0 Å². The number of amides is 1. The van der Waals surface area contributed by atoms with Crippen molar-refractivity contribution in [2.75, 3.05) is 7.05 Å². The first-order valence-corrected chi connectivity index (χ1v) is 6.72. The quantitative estimate of drug-likeness (QED) is 0.911. The van der Waals surface area contributed by atoms with Crippen LogP contribution in [0, 0.1) is 0 Å². The Balaban J connectivity index is 1.70. The van der Waals surface area contributed by atoms with Gasteiger partial charge in [0.15, 0.2) is 0 Å². The molecule has 5 nitrogen and oxygen atoms in total. The molecule has 0 spiro atoms. The SMILES string of the molecule is CN(Cc1cnn(-c2ccccc2)c1)C(=O)C1(N)CC1. The Kier molecular flexibility index (Phi) is 3.06. The van der Waals surface area contributed by atoms with E-state index in [0.29, 0.717) is 6.54 Å². The molecule has 1 heterocycles. The summed E-state index contributed by atoms with van der Waals surface area (Å²) in [5.41, 5.74) is 7.32. The molecular weight excluding hydrogens is 252 g/mol. The van der Waals surface area contributed by atoms with Gasteiger partial charge in [-0.2, -0.15) is 5.10 Å². The number of hydrogen-bond acceptors (Lipinski definition) is 3. The lowest BCUT2D eigenvalue weighted by Gasteiger charge is -2.20. The Morgan fingerprint density at radius 1 is 1.40 bits per heavy atom. The van der Waals surface area contributed by atoms with Gasteiger partial charge in [-0.25, -0.2) is 4.68 Å².